The number of oxazole rings is 1. The molecule has 1 aliphatic rings. The average molecular weight is 443 g/mol. The lowest BCUT2D eigenvalue weighted by atomic mass is 9.84. The van der Waals surface area contributed by atoms with E-state index in [0.717, 1.165) is 30.7 Å². The summed E-state index contributed by atoms with van der Waals surface area (Å²) in [6.07, 6.45) is 9.64. The summed E-state index contributed by atoms with van der Waals surface area (Å²) in [6.45, 7) is 1.98. The minimum Gasteiger partial charge on any atom is -0.464 e. The van der Waals surface area contributed by atoms with Gasteiger partial charge in [0.15, 0.2) is 11.6 Å². The topological polar surface area (TPSA) is 90.7 Å². The second kappa shape index (κ2) is 12.4. The van der Waals surface area contributed by atoms with E-state index in [1.54, 1.807) is 6.92 Å². The van der Waals surface area contributed by atoms with E-state index in [1.807, 2.05) is 30.3 Å². The van der Waals surface area contributed by atoms with E-state index in [1.165, 1.54) is 39.2 Å². The summed E-state index contributed by atoms with van der Waals surface area (Å²) in [5.74, 6) is 0.586. The lowest BCUT2D eigenvalue weighted by Gasteiger charge is -2.22. The highest BCUT2D eigenvalue weighted by Gasteiger charge is 2.26. The van der Waals surface area contributed by atoms with Crippen molar-refractivity contribution in [1.29, 1.82) is 0 Å². The number of benzene rings is 1. The number of nitrogens with one attached hydrogen (secondary N) is 1. The Labute approximate surface area is 189 Å². The number of rotatable bonds is 11. The quantitative estimate of drug-likeness (QED) is 0.378. The third-order valence-electron chi connectivity index (χ3n) is 6.13. The zero-order valence-corrected chi connectivity index (χ0v) is 19.1. The van der Waals surface area contributed by atoms with Crippen molar-refractivity contribution in [3.8, 4) is 0 Å². The van der Waals surface area contributed by atoms with Crippen LogP contribution in [-0.2, 0) is 21.0 Å². The Morgan fingerprint density at radius 3 is 2.66 bits per heavy atom. The molecule has 2 aromatic rings. The first kappa shape index (κ1) is 24.0. The molecule has 1 atom stereocenters. The molecule has 1 unspecified atom stereocenters. The number of carbonyl (C=O) groups is 2. The molecule has 1 saturated carbocycles. The van der Waals surface area contributed by atoms with Crippen LogP contribution < -0.4 is 5.48 Å². The Kier molecular flexibility index (Phi) is 9.28. The second-order valence-electron chi connectivity index (χ2n) is 8.58. The van der Waals surface area contributed by atoms with Crippen molar-refractivity contribution in [2.24, 2.45) is 5.92 Å². The molecule has 0 aliphatic heterocycles. The minimum absolute atomic E-state index is 0.167. The van der Waals surface area contributed by atoms with Crippen LogP contribution in [0.4, 0.5) is 0 Å². The van der Waals surface area contributed by atoms with Gasteiger partial charge in [-0.1, -0.05) is 75.3 Å². The first-order valence-electron chi connectivity index (χ1n) is 11.6. The van der Waals surface area contributed by atoms with Crippen molar-refractivity contribution in [3.63, 3.8) is 0 Å². The number of esters is 1. The number of carbonyl (C=O) groups excluding carboxylic acids is 2. The van der Waals surface area contributed by atoms with Gasteiger partial charge in [0.25, 0.3) is 0 Å². The molecule has 1 amide bonds. The average Bonchev–Trinajstić information content (AvgIpc) is 3.21. The summed E-state index contributed by atoms with van der Waals surface area (Å²) in [5.41, 5.74) is 3.67. The van der Waals surface area contributed by atoms with Crippen molar-refractivity contribution in [3.05, 3.63) is 53.2 Å². The first-order valence-corrected chi connectivity index (χ1v) is 11.6. The third kappa shape index (κ3) is 7.19. The molecule has 0 bridgehead atoms. The van der Waals surface area contributed by atoms with E-state index in [-0.39, 0.29) is 23.9 Å². The fraction of sp³-hybridized carbons (Fsp3) is 0.560. The van der Waals surface area contributed by atoms with E-state index in [4.69, 9.17) is 14.0 Å². The van der Waals surface area contributed by atoms with Gasteiger partial charge in [0.2, 0.25) is 5.91 Å². The highest BCUT2D eigenvalue weighted by atomic mass is 16.6. The highest BCUT2D eigenvalue weighted by Crippen LogP contribution is 2.32. The zero-order chi connectivity index (χ0) is 22.8. The Morgan fingerprint density at radius 1 is 1.19 bits per heavy atom. The number of hydrogen-bond donors (Lipinski definition) is 1. The summed E-state index contributed by atoms with van der Waals surface area (Å²) in [4.78, 5) is 34.3. The summed E-state index contributed by atoms with van der Waals surface area (Å²) >= 11 is 0. The van der Waals surface area contributed by atoms with Gasteiger partial charge < -0.3 is 9.15 Å². The normalized spacial score (nSPS) is 15.3. The Bertz CT molecular complexity index is 858. The fourth-order valence-corrected chi connectivity index (χ4v) is 4.36. The van der Waals surface area contributed by atoms with Crippen LogP contribution in [0.3, 0.4) is 0 Å². The van der Waals surface area contributed by atoms with Gasteiger partial charge >= 0.3 is 5.97 Å². The predicted molar refractivity (Wildman–Crippen MR) is 120 cm³/mol. The molecule has 1 fully saturated rings. The molecule has 1 aromatic heterocycles. The largest absolute Gasteiger partial charge is 0.464 e. The number of nitrogens with zero attached hydrogens (tertiary/aromatic N) is 1. The molecule has 3 rings (SSSR count). The Morgan fingerprint density at radius 2 is 1.94 bits per heavy atom. The standard InChI is InChI=1S/C25H34N2O5/c1-18-23(25(29)30-2)26-24(32-18)21(15-9-14-19-10-5-3-6-11-19)16-22(28)27-31-17-20-12-7-4-8-13-20/h4,7-8,12-13,19,21H,3,5-6,9-11,14-17H2,1-2H3,(H,27,28). The van der Waals surface area contributed by atoms with Crippen LogP contribution in [0.1, 0.15) is 91.4 Å². The summed E-state index contributed by atoms with van der Waals surface area (Å²) in [5, 5.41) is 0. The van der Waals surface area contributed by atoms with Crippen LogP contribution in [-0.4, -0.2) is 24.0 Å². The van der Waals surface area contributed by atoms with Crippen LogP contribution in [0.15, 0.2) is 34.7 Å². The lowest BCUT2D eigenvalue weighted by molar-refractivity contribution is -0.135. The van der Waals surface area contributed by atoms with E-state index < -0.39 is 5.97 Å². The van der Waals surface area contributed by atoms with Crippen LogP contribution in [0.2, 0.25) is 0 Å². The first-order chi connectivity index (χ1) is 15.6. The molecule has 0 spiro atoms. The Hall–Kier alpha value is -2.67. The lowest BCUT2D eigenvalue weighted by Crippen LogP contribution is -2.25. The van der Waals surface area contributed by atoms with Gasteiger partial charge in [0.05, 0.1) is 13.7 Å². The van der Waals surface area contributed by atoms with Gasteiger partial charge in [-0.15, -0.1) is 0 Å². The highest BCUT2D eigenvalue weighted by molar-refractivity contribution is 5.88. The number of ether oxygens (including phenoxy) is 1. The monoisotopic (exact) mass is 442 g/mol. The molecule has 1 aliphatic carbocycles. The third-order valence-corrected chi connectivity index (χ3v) is 6.13. The summed E-state index contributed by atoms with van der Waals surface area (Å²) in [6, 6.07) is 9.65. The van der Waals surface area contributed by atoms with E-state index >= 15 is 0 Å². The van der Waals surface area contributed by atoms with Crippen molar-refractivity contribution in [1.82, 2.24) is 10.5 Å². The molecule has 7 nitrogen and oxygen atoms in total. The maximum absolute atomic E-state index is 12.6. The van der Waals surface area contributed by atoms with E-state index in [2.05, 4.69) is 10.5 Å². The summed E-state index contributed by atoms with van der Waals surface area (Å²) in [7, 11) is 1.31. The smallest absolute Gasteiger partial charge is 0.360 e. The van der Waals surface area contributed by atoms with Crippen LogP contribution in [0.25, 0.3) is 0 Å². The van der Waals surface area contributed by atoms with Gasteiger partial charge in [-0.25, -0.2) is 15.3 Å². The van der Waals surface area contributed by atoms with Gasteiger partial charge in [-0.05, 0) is 24.8 Å². The SMILES string of the molecule is COC(=O)c1nc(C(CCCC2CCCCC2)CC(=O)NOCc2ccccc2)oc1C. The molecule has 7 heteroatoms. The maximum Gasteiger partial charge on any atom is 0.360 e. The van der Waals surface area contributed by atoms with Crippen LogP contribution in [0.5, 0.6) is 0 Å². The molecule has 1 heterocycles. The van der Waals surface area contributed by atoms with Crippen LogP contribution in [0, 0.1) is 12.8 Å². The molecular formula is C25H34N2O5. The van der Waals surface area contributed by atoms with E-state index in [0.29, 0.717) is 18.3 Å². The molecule has 0 saturated heterocycles. The van der Waals surface area contributed by atoms with Crippen molar-refractivity contribution in [2.75, 3.05) is 7.11 Å². The van der Waals surface area contributed by atoms with Gasteiger partial charge in [0, 0.05) is 12.3 Å². The second-order valence-corrected chi connectivity index (χ2v) is 8.58. The number of hydrogen-bond acceptors (Lipinski definition) is 6. The number of aryl methyl sites for hydroxylation is 1. The maximum atomic E-state index is 12.6. The molecule has 174 valence electrons. The predicted octanol–water partition coefficient (Wildman–Crippen LogP) is 5.24. The number of aromatic nitrogens is 1. The van der Waals surface area contributed by atoms with Crippen molar-refractivity contribution < 1.29 is 23.6 Å². The van der Waals surface area contributed by atoms with Crippen LogP contribution >= 0.6 is 0 Å². The van der Waals surface area contributed by atoms with Gasteiger partial charge in [-0.3, -0.25) is 9.63 Å². The number of hydroxylamine groups is 1. The minimum atomic E-state index is -0.533. The molecule has 1 aromatic carbocycles. The fourth-order valence-electron chi connectivity index (χ4n) is 4.36. The van der Waals surface area contributed by atoms with Gasteiger partial charge in [-0.2, -0.15) is 0 Å². The molecule has 0 radical (unpaired) electrons. The van der Waals surface area contributed by atoms with Crippen molar-refractivity contribution >= 4 is 11.9 Å². The zero-order valence-electron chi connectivity index (χ0n) is 19.1. The van der Waals surface area contributed by atoms with Gasteiger partial charge in [0.1, 0.15) is 5.76 Å². The molecule has 1 N–H and O–H groups in total. The number of methoxy groups -OCH3 is 1. The molecule has 32 heavy (non-hydrogen) atoms. The van der Waals surface area contributed by atoms with Crippen molar-refractivity contribution in [2.45, 2.75) is 77.2 Å². The van der Waals surface area contributed by atoms with E-state index in [9.17, 15) is 9.59 Å². The summed E-state index contributed by atoms with van der Waals surface area (Å²) < 4.78 is 10.6. The Balaban J connectivity index is 1.58. The number of amides is 1. The molecular weight excluding hydrogens is 408 g/mol.